The van der Waals surface area contributed by atoms with E-state index in [4.69, 9.17) is 0 Å². The Labute approximate surface area is 131 Å². The average molecular weight is 284 g/mol. The van der Waals surface area contributed by atoms with Crippen molar-refractivity contribution in [3.63, 3.8) is 0 Å². The molecule has 116 valence electrons. The molecular formula is C21H32. The lowest BCUT2D eigenvalue weighted by atomic mass is 9.88. The van der Waals surface area contributed by atoms with Crippen molar-refractivity contribution in [2.45, 2.75) is 84.5 Å². The van der Waals surface area contributed by atoms with Crippen LogP contribution in [0.25, 0.3) is 5.57 Å². The lowest BCUT2D eigenvalue weighted by Crippen LogP contribution is -1.99. The van der Waals surface area contributed by atoms with Crippen LogP contribution in [0.1, 0.15) is 95.6 Å². The van der Waals surface area contributed by atoms with Gasteiger partial charge < -0.3 is 0 Å². The smallest absolute Gasteiger partial charge is 0.00602 e. The van der Waals surface area contributed by atoms with E-state index >= 15 is 0 Å². The number of benzene rings is 1. The maximum absolute atomic E-state index is 2.39. The van der Waals surface area contributed by atoms with Gasteiger partial charge >= 0.3 is 0 Å². The van der Waals surface area contributed by atoms with Gasteiger partial charge in [0, 0.05) is 5.92 Å². The molecule has 0 N–H and O–H groups in total. The van der Waals surface area contributed by atoms with Crippen molar-refractivity contribution in [3.05, 3.63) is 41.0 Å². The van der Waals surface area contributed by atoms with Crippen molar-refractivity contribution in [1.29, 1.82) is 0 Å². The van der Waals surface area contributed by atoms with Gasteiger partial charge in [0.2, 0.25) is 0 Å². The molecule has 0 saturated carbocycles. The first kappa shape index (κ1) is 16.3. The Hall–Kier alpha value is -1.04. The van der Waals surface area contributed by atoms with Crippen LogP contribution in [0.3, 0.4) is 0 Å². The molecule has 0 heterocycles. The highest BCUT2D eigenvalue weighted by Gasteiger charge is 2.29. The van der Waals surface area contributed by atoms with Crippen LogP contribution in [0, 0.1) is 0 Å². The molecule has 0 nitrogen and oxygen atoms in total. The number of unbranched alkanes of at least 4 members (excludes halogenated alkanes) is 3. The maximum Gasteiger partial charge on any atom is 0.00602 e. The topological polar surface area (TPSA) is 0 Å². The summed E-state index contributed by atoms with van der Waals surface area (Å²) >= 11 is 0. The van der Waals surface area contributed by atoms with E-state index in [0.717, 1.165) is 5.92 Å². The standard InChI is InChI=1S/C21H32/c1-4-7-8-9-14-19-17(12-5-2)18(13-6-3)20-15-10-11-16-21(19)20/h10-11,15-16,19H,4-9,12-14H2,1-3H3. The van der Waals surface area contributed by atoms with Gasteiger partial charge in [-0.2, -0.15) is 0 Å². The Morgan fingerprint density at radius 2 is 1.57 bits per heavy atom. The van der Waals surface area contributed by atoms with Gasteiger partial charge in [-0.3, -0.25) is 0 Å². The molecule has 21 heavy (non-hydrogen) atoms. The molecule has 1 aromatic carbocycles. The van der Waals surface area contributed by atoms with E-state index in [0.29, 0.717) is 0 Å². The van der Waals surface area contributed by atoms with Gasteiger partial charge in [0.1, 0.15) is 0 Å². The predicted octanol–water partition coefficient (Wildman–Crippen LogP) is 7.11. The Kier molecular flexibility index (Phi) is 6.54. The lowest BCUT2D eigenvalue weighted by molar-refractivity contribution is 0.585. The van der Waals surface area contributed by atoms with Gasteiger partial charge in [0.15, 0.2) is 0 Å². The molecular weight excluding hydrogens is 252 g/mol. The fraction of sp³-hybridized carbons (Fsp3) is 0.619. The monoisotopic (exact) mass is 284 g/mol. The Balaban J connectivity index is 2.22. The van der Waals surface area contributed by atoms with Crippen LogP contribution in [0.15, 0.2) is 29.8 Å². The van der Waals surface area contributed by atoms with Gasteiger partial charge in [-0.15, -0.1) is 0 Å². The summed E-state index contributed by atoms with van der Waals surface area (Å²) in [4.78, 5) is 0. The SMILES string of the molecule is CCCCCCC1C(CCC)=C(CCC)c2ccccc21. The molecule has 1 unspecified atom stereocenters. The zero-order valence-corrected chi connectivity index (χ0v) is 14.3. The molecule has 0 amide bonds. The molecule has 0 heteroatoms. The molecule has 1 aliphatic carbocycles. The number of hydrogen-bond donors (Lipinski definition) is 0. The second-order valence-electron chi connectivity index (χ2n) is 6.49. The van der Waals surface area contributed by atoms with E-state index in [2.05, 4.69) is 45.0 Å². The Bertz CT molecular complexity index is 467. The van der Waals surface area contributed by atoms with Crippen LogP contribution in [0.5, 0.6) is 0 Å². The van der Waals surface area contributed by atoms with Crippen molar-refractivity contribution in [2.75, 3.05) is 0 Å². The summed E-state index contributed by atoms with van der Waals surface area (Å²) < 4.78 is 0. The molecule has 1 atom stereocenters. The van der Waals surface area contributed by atoms with E-state index in [9.17, 15) is 0 Å². The van der Waals surface area contributed by atoms with Crippen molar-refractivity contribution < 1.29 is 0 Å². The maximum atomic E-state index is 2.39. The molecule has 0 aromatic heterocycles. The average Bonchev–Trinajstić information content (AvgIpc) is 2.79. The quantitative estimate of drug-likeness (QED) is 0.424. The van der Waals surface area contributed by atoms with E-state index in [1.165, 1.54) is 57.8 Å². The summed E-state index contributed by atoms with van der Waals surface area (Å²) in [5.41, 5.74) is 6.66. The van der Waals surface area contributed by atoms with Crippen LogP contribution in [-0.2, 0) is 0 Å². The first-order valence-corrected chi connectivity index (χ1v) is 9.14. The van der Waals surface area contributed by atoms with Crippen LogP contribution in [0.2, 0.25) is 0 Å². The number of rotatable bonds is 9. The van der Waals surface area contributed by atoms with Crippen LogP contribution in [-0.4, -0.2) is 0 Å². The van der Waals surface area contributed by atoms with E-state index in [1.54, 1.807) is 22.3 Å². The van der Waals surface area contributed by atoms with Crippen LogP contribution in [0.4, 0.5) is 0 Å². The molecule has 0 radical (unpaired) electrons. The summed E-state index contributed by atoms with van der Waals surface area (Å²) in [7, 11) is 0. The Morgan fingerprint density at radius 3 is 2.29 bits per heavy atom. The molecule has 0 saturated heterocycles. The van der Waals surface area contributed by atoms with Gasteiger partial charge in [0.25, 0.3) is 0 Å². The fourth-order valence-corrected chi connectivity index (χ4v) is 3.89. The molecule has 0 spiro atoms. The normalized spacial score (nSPS) is 17.4. The summed E-state index contributed by atoms with van der Waals surface area (Å²) in [6, 6.07) is 9.20. The van der Waals surface area contributed by atoms with E-state index < -0.39 is 0 Å². The largest absolute Gasteiger partial charge is 0.0654 e. The molecule has 0 bridgehead atoms. The van der Waals surface area contributed by atoms with Gasteiger partial charge in [0.05, 0.1) is 0 Å². The Morgan fingerprint density at radius 1 is 0.810 bits per heavy atom. The number of allylic oxidation sites excluding steroid dienone is 2. The highest BCUT2D eigenvalue weighted by Crippen LogP contribution is 2.47. The predicted molar refractivity (Wildman–Crippen MR) is 94.7 cm³/mol. The van der Waals surface area contributed by atoms with Gasteiger partial charge in [-0.05, 0) is 36.0 Å². The second kappa shape index (κ2) is 8.41. The van der Waals surface area contributed by atoms with E-state index in [1.807, 2.05) is 0 Å². The third-order valence-corrected chi connectivity index (χ3v) is 4.84. The zero-order valence-electron chi connectivity index (χ0n) is 14.3. The highest BCUT2D eigenvalue weighted by molar-refractivity contribution is 5.78. The van der Waals surface area contributed by atoms with Crippen molar-refractivity contribution >= 4 is 5.57 Å². The van der Waals surface area contributed by atoms with Gasteiger partial charge in [-0.25, -0.2) is 0 Å². The van der Waals surface area contributed by atoms with Gasteiger partial charge in [-0.1, -0.05) is 89.1 Å². The van der Waals surface area contributed by atoms with Crippen LogP contribution < -0.4 is 0 Å². The summed E-state index contributed by atoms with van der Waals surface area (Å²) in [6.45, 7) is 6.94. The molecule has 0 aliphatic heterocycles. The summed E-state index contributed by atoms with van der Waals surface area (Å²) in [5.74, 6) is 0.722. The first-order chi connectivity index (χ1) is 10.3. The highest BCUT2D eigenvalue weighted by atomic mass is 14.3. The number of hydrogen-bond acceptors (Lipinski definition) is 0. The first-order valence-electron chi connectivity index (χ1n) is 9.14. The molecule has 0 fully saturated rings. The second-order valence-corrected chi connectivity index (χ2v) is 6.49. The minimum atomic E-state index is 0.722. The molecule has 1 aromatic rings. The molecule has 1 aliphatic rings. The third-order valence-electron chi connectivity index (χ3n) is 4.84. The summed E-state index contributed by atoms with van der Waals surface area (Å²) in [5, 5.41) is 0. The number of fused-ring (bicyclic) bond motifs is 1. The fourth-order valence-electron chi connectivity index (χ4n) is 3.89. The van der Waals surface area contributed by atoms with Crippen molar-refractivity contribution in [1.82, 2.24) is 0 Å². The lowest BCUT2D eigenvalue weighted by Gasteiger charge is -2.17. The minimum Gasteiger partial charge on any atom is -0.0654 e. The van der Waals surface area contributed by atoms with Crippen molar-refractivity contribution in [2.24, 2.45) is 0 Å². The van der Waals surface area contributed by atoms with Crippen LogP contribution >= 0.6 is 0 Å². The third kappa shape index (κ3) is 3.78. The molecule has 2 rings (SSSR count). The van der Waals surface area contributed by atoms with E-state index in [-0.39, 0.29) is 0 Å². The van der Waals surface area contributed by atoms with Crippen molar-refractivity contribution in [3.8, 4) is 0 Å². The minimum absolute atomic E-state index is 0.722. The summed E-state index contributed by atoms with van der Waals surface area (Å²) in [6.07, 6.45) is 12.0. The zero-order chi connectivity index (χ0) is 15.1.